The maximum absolute atomic E-state index is 5.58. The van der Waals surface area contributed by atoms with Gasteiger partial charge in [0.15, 0.2) is 4.34 Å². The lowest BCUT2D eigenvalue weighted by atomic mass is 10.3. The quantitative estimate of drug-likeness (QED) is 0.830. The first-order chi connectivity index (χ1) is 7.85. The summed E-state index contributed by atoms with van der Waals surface area (Å²) >= 11 is 3.24. The average Bonchev–Trinajstić information content (AvgIpc) is 2.70. The van der Waals surface area contributed by atoms with E-state index in [2.05, 4.69) is 16.6 Å². The highest BCUT2D eigenvalue weighted by atomic mass is 32.2. The van der Waals surface area contributed by atoms with E-state index in [1.165, 1.54) is 0 Å². The highest BCUT2D eigenvalue weighted by molar-refractivity contribution is 7.99. The minimum absolute atomic E-state index is 0.687. The molecule has 5 heteroatoms. The largest absolute Gasteiger partial charge is 0.492 e. The molecule has 0 amide bonds. The molecule has 0 radical (unpaired) electrons. The van der Waals surface area contributed by atoms with E-state index < -0.39 is 0 Å². The number of rotatable bonds is 5. The van der Waals surface area contributed by atoms with Gasteiger partial charge in [-0.15, -0.1) is 11.3 Å². The Morgan fingerprint density at radius 2 is 2.31 bits per heavy atom. The Balaban J connectivity index is 2.32. The monoisotopic (exact) mass is 254 g/mol. The molecule has 0 spiro atoms. The lowest BCUT2D eigenvalue weighted by molar-refractivity contribution is 0.345. The molecule has 86 valence electrons. The molecule has 2 rings (SSSR count). The van der Waals surface area contributed by atoms with Gasteiger partial charge in [-0.3, -0.25) is 4.72 Å². The lowest BCUT2D eigenvalue weighted by Crippen LogP contribution is -1.99. The summed E-state index contributed by atoms with van der Waals surface area (Å²) in [6, 6.07) is 5.99. The average molecular weight is 254 g/mol. The number of hydrogen-bond donors (Lipinski definition) is 1. The normalized spacial score (nSPS) is 10.9. The Morgan fingerprint density at radius 3 is 3.06 bits per heavy atom. The SMILES string of the molecule is CCNSc1nc2cccc(OCC)c2s1. The van der Waals surface area contributed by atoms with Crippen LogP contribution in [-0.2, 0) is 0 Å². The highest BCUT2D eigenvalue weighted by Crippen LogP contribution is 2.34. The van der Waals surface area contributed by atoms with Gasteiger partial charge in [-0.2, -0.15) is 0 Å². The van der Waals surface area contributed by atoms with E-state index in [0.717, 1.165) is 26.9 Å². The first-order valence-electron chi connectivity index (χ1n) is 5.27. The molecule has 2 aromatic rings. The number of nitrogens with zero attached hydrogens (tertiary/aromatic N) is 1. The standard InChI is InChI=1S/C11H14N2OS2/c1-3-12-16-11-13-8-6-5-7-9(14-4-2)10(8)15-11/h5-7,12H,3-4H2,1-2H3. The Kier molecular flexibility index (Phi) is 4.04. The van der Waals surface area contributed by atoms with Crippen LogP contribution in [0, 0.1) is 0 Å². The van der Waals surface area contributed by atoms with E-state index in [9.17, 15) is 0 Å². The molecular weight excluding hydrogens is 240 g/mol. The van der Waals surface area contributed by atoms with Crippen molar-refractivity contribution in [2.75, 3.05) is 13.2 Å². The zero-order valence-corrected chi connectivity index (χ0v) is 11.0. The van der Waals surface area contributed by atoms with Crippen LogP contribution in [0.25, 0.3) is 10.2 Å². The summed E-state index contributed by atoms with van der Waals surface area (Å²) < 4.78 is 10.9. The van der Waals surface area contributed by atoms with Crippen molar-refractivity contribution < 1.29 is 4.74 Å². The van der Waals surface area contributed by atoms with Gasteiger partial charge in [-0.05, 0) is 31.0 Å². The van der Waals surface area contributed by atoms with E-state index in [-0.39, 0.29) is 0 Å². The first-order valence-corrected chi connectivity index (χ1v) is 6.90. The van der Waals surface area contributed by atoms with Gasteiger partial charge < -0.3 is 4.74 Å². The van der Waals surface area contributed by atoms with Gasteiger partial charge in [0.2, 0.25) is 0 Å². The number of benzene rings is 1. The summed E-state index contributed by atoms with van der Waals surface area (Å²) in [5.74, 6) is 0.931. The molecule has 0 aliphatic heterocycles. The number of ether oxygens (including phenoxy) is 1. The van der Waals surface area contributed by atoms with Crippen LogP contribution >= 0.6 is 23.3 Å². The van der Waals surface area contributed by atoms with E-state index in [1.807, 2.05) is 25.1 Å². The molecule has 1 aromatic heterocycles. The number of nitrogens with one attached hydrogen (secondary N) is 1. The number of aromatic nitrogens is 1. The summed E-state index contributed by atoms with van der Waals surface area (Å²) in [5, 5.41) is 0. The van der Waals surface area contributed by atoms with Crippen molar-refractivity contribution in [2.45, 2.75) is 18.2 Å². The summed E-state index contributed by atoms with van der Waals surface area (Å²) in [6.07, 6.45) is 0. The summed E-state index contributed by atoms with van der Waals surface area (Å²) in [6.45, 7) is 5.69. The molecule has 1 heterocycles. The molecule has 0 aliphatic carbocycles. The van der Waals surface area contributed by atoms with Crippen molar-refractivity contribution in [3.8, 4) is 5.75 Å². The molecule has 0 atom stereocenters. The number of fused-ring (bicyclic) bond motifs is 1. The Morgan fingerprint density at radius 1 is 1.44 bits per heavy atom. The number of hydrogen-bond acceptors (Lipinski definition) is 5. The summed E-state index contributed by atoms with van der Waals surface area (Å²) in [5.41, 5.74) is 1.01. The van der Waals surface area contributed by atoms with E-state index in [1.54, 1.807) is 23.3 Å². The predicted molar refractivity (Wildman–Crippen MR) is 70.3 cm³/mol. The van der Waals surface area contributed by atoms with Gasteiger partial charge in [0.05, 0.1) is 16.8 Å². The van der Waals surface area contributed by atoms with Gasteiger partial charge in [0.1, 0.15) is 5.75 Å². The first kappa shape index (κ1) is 11.7. The van der Waals surface area contributed by atoms with Crippen molar-refractivity contribution in [1.82, 2.24) is 9.71 Å². The third-order valence-electron chi connectivity index (χ3n) is 1.96. The smallest absolute Gasteiger partial charge is 0.166 e. The predicted octanol–water partition coefficient (Wildman–Crippen LogP) is 3.31. The van der Waals surface area contributed by atoms with Crippen LogP contribution in [-0.4, -0.2) is 18.1 Å². The lowest BCUT2D eigenvalue weighted by Gasteiger charge is -2.01. The second kappa shape index (κ2) is 5.52. The molecule has 0 fully saturated rings. The van der Waals surface area contributed by atoms with Crippen LogP contribution in [0.5, 0.6) is 5.75 Å². The minimum Gasteiger partial charge on any atom is -0.492 e. The zero-order chi connectivity index (χ0) is 11.4. The van der Waals surface area contributed by atoms with Crippen molar-refractivity contribution in [2.24, 2.45) is 0 Å². The summed E-state index contributed by atoms with van der Waals surface area (Å²) in [7, 11) is 0. The van der Waals surface area contributed by atoms with Crippen molar-refractivity contribution in [1.29, 1.82) is 0 Å². The maximum atomic E-state index is 5.58. The fraction of sp³-hybridized carbons (Fsp3) is 0.364. The molecular formula is C11H14N2OS2. The fourth-order valence-corrected chi connectivity index (χ4v) is 3.12. The molecule has 3 nitrogen and oxygen atoms in total. The topological polar surface area (TPSA) is 34.2 Å². The van der Waals surface area contributed by atoms with Gasteiger partial charge in [-0.1, -0.05) is 13.0 Å². The second-order valence-corrected chi connectivity index (χ2v) is 5.25. The molecule has 0 unspecified atom stereocenters. The van der Waals surface area contributed by atoms with Crippen molar-refractivity contribution in [3.05, 3.63) is 18.2 Å². The van der Waals surface area contributed by atoms with Crippen molar-refractivity contribution >= 4 is 33.5 Å². The van der Waals surface area contributed by atoms with Crippen LogP contribution in [0.1, 0.15) is 13.8 Å². The van der Waals surface area contributed by atoms with Crippen LogP contribution in [0.4, 0.5) is 0 Å². The molecule has 0 bridgehead atoms. The summed E-state index contributed by atoms with van der Waals surface area (Å²) in [4.78, 5) is 4.53. The highest BCUT2D eigenvalue weighted by Gasteiger charge is 2.08. The molecule has 1 N–H and O–H groups in total. The van der Waals surface area contributed by atoms with Gasteiger partial charge in [0, 0.05) is 6.54 Å². The maximum Gasteiger partial charge on any atom is 0.166 e. The third-order valence-corrected chi connectivity index (χ3v) is 4.04. The van der Waals surface area contributed by atoms with Crippen LogP contribution < -0.4 is 9.46 Å². The molecule has 16 heavy (non-hydrogen) atoms. The van der Waals surface area contributed by atoms with E-state index >= 15 is 0 Å². The van der Waals surface area contributed by atoms with Gasteiger partial charge in [0.25, 0.3) is 0 Å². The number of thiazole rings is 1. The van der Waals surface area contributed by atoms with Crippen LogP contribution in [0.3, 0.4) is 0 Å². The van der Waals surface area contributed by atoms with Crippen LogP contribution in [0.15, 0.2) is 22.5 Å². The van der Waals surface area contributed by atoms with E-state index in [0.29, 0.717) is 6.61 Å². The second-order valence-electron chi connectivity index (χ2n) is 3.12. The molecule has 0 saturated heterocycles. The Bertz CT molecular complexity index is 470. The third kappa shape index (κ3) is 2.48. The minimum atomic E-state index is 0.687. The van der Waals surface area contributed by atoms with Crippen molar-refractivity contribution in [3.63, 3.8) is 0 Å². The molecule has 0 saturated carbocycles. The van der Waals surface area contributed by atoms with E-state index in [4.69, 9.17) is 4.74 Å². The van der Waals surface area contributed by atoms with Crippen LogP contribution in [0.2, 0.25) is 0 Å². The zero-order valence-electron chi connectivity index (χ0n) is 9.32. The Hall–Kier alpha value is -0.780. The molecule has 0 aliphatic rings. The van der Waals surface area contributed by atoms with Gasteiger partial charge >= 0.3 is 0 Å². The Labute approximate surface area is 103 Å². The van der Waals surface area contributed by atoms with Gasteiger partial charge in [-0.25, -0.2) is 4.98 Å². The fourth-order valence-electron chi connectivity index (χ4n) is 1.35. The molecule has 1 aromatic carbocycles.